The maximum absolute atomic E-state index is 13.7. The molecule has 0 amide bonds. The maximum Gasteiger partial charge on any atom is 0.308 e. The summed E-state index contributed by atoms with van der Waals surface area (Å²) in [5, 5.41) is 40.4. The van der Waals surface area contributed by atoms with Gasteiger partial charge in [-0.1, -0.05) is 26.0 Å². The summed E-state index contributed by atoms with van der Waals surface area (Å²) < 4.78 is 44.5. The molecule has 1 saturated heterocycles. The van der Waals surface area contributed by atoms with Crippen LogP contribution in [0.25, 0.3) is 17.3 Å². The maximum atomic E-state index is 13.7. The van der Waals surface area contributed by atoms with E-state index in [0.29, 0.717) is 36.2 Å². The number of ether oxygens (including phenoxy) is 1. The Labute approximate surface area is 287 Å². The van der Waals surface area contributed by atoms with Gasteiger partial charge >= 0.3 is 5.97 Å². The van der Waals surface area contributed by atoms with Crippen LogP contribution >= 0.6 is 0 Å². The topological polar surface area (TPSA) is 238 Å². The first-order valence-corrected chi connectivity index (χ1v) is 17.4. The number of sulfonamides is 1. The number of anilines is 1. The lowest BCUT2D eigenvalue weighted by atomic mass is 9.97. The Kier molecular flexibility index (Phi) is 14.3. The lowest BCUT2D eigenvalue weighted by molar-refractivity contribution is -0.789. The van der Waals surface area contributed by atoms with Crippen LogP contribution < -0.4 is 4.31 Å². The number of aliphatic hydroxyl groups excluding tert-OH is 2. The van der Waals surface area contributed by atoms with Crippen LogP contribution in [0.4, 0.5) is 10.3 Å². The SMILES string of the molecule is CC(C)c1nc(N(C)S(C)(=O)=O)nc(-c2ccc(F)cc2)c1/C=C/C(O)C[C@@H](O)CC(=O)OCC1CCCN1CC(CO[N+](=O)[O-])O[N+](=O)[O-]. The molecule has 1 aliphatic rings. The van der Waals surface area contributed by atoms with E-state index in [0.717, 1.165) is 10.6 Å². The van der Waals surface area contributed by atoms with Crippen molar-refractivity contribution in [2.45, 2.75) is 69.8 Å². The van der Waals surface area contributed by atoms with Crippen LogP contribution in [-0.4, -0.2) is 114 Å². The zero-order valence-corrected chi connectivity index (χ0v) is 28.8. The molecule has 4 atom stereocenters. The van der Waals surface area contributed by atoms with Crippen molar-refractivity contribution in [3.8, 4) is 11.3 Å². The average molecular weight is 729 g/mol. The van der Waals surface area contributed by atoms with E-state index >= 15 is 0 Å². The molecule has 2 heterocycles. The number of rotatable bonds is 19. The van der Waals surface area contributed by atoms with Gasteiger partial charge in [0.1, 0.15) is 25.1 Å². The fraction of sp³-hybridized carbons (Fsp3) is 0.567. The minimum Gasteiger partial charge on any atom is -0.464 e. The van der Waals surface area contributed by atoms with Gasteiger partial charge in [0.05, 0.1) is 36.3 Å². The molecule has 50 heavy (non-hydrogen) atoms. The fourth-order valence-corrected chi connectivity index (χ4v) is 5.63. The van der Waals surface area contributed by atoms with Gasteiger partial charge in [0.2, 0.25) is 16.0 Å². The highest BCUT2D eigenvalue weighted by atomic mass is 32.2. The van der Waals surface area contributed by atoms with Crippen molar-refractivity contribution in [3.05, 3.63) is 67.6 Å². The molecule has 0 radical (unpaired) electrons. The van der Waals surface area contributed by atoms with E-state index in [9.17, 15) is 48.0 Å². The molecular formula is C30H41FN6O12S. The Bertz CT molecular complexity index is 1630. The number of hydrogen-bond donors (Lipinski definition) is 2. The fourth-order valence-electron chi connectivity index (χ4n) is 5.25. The van der Waals surface area contributed by atoms with Crippen molar-refractivity contribution < 1.29 is 52.4 Å². The van der Waals surface area contributed by atoms with Crippen molar-refractivity contribution >= 4 is 28.0 Å². The molecule has 276 valence electrons. The standard InChI is InChI=1S/C30H41FN6O12S/c1-19(2)28-26(29(20-7-9-21(31)10-8-20)33-30(32-28)34(3)50(4,45)46)12-11-23(38)14-24(39)15-27(40)47-17-22-6-5-13-35(22)16-25(49-37(43)44)18-48-36(41)42/h7-12,19,22-25,38-39H,5-6,13-18H2,1-4H3/b12-11+/t22?,23?,24-,25?/m1/s1. The van der Waals surface area contributed by atoms with Crippen LogP contribution in [0.5, 0.6) is 0 Å². The highest BCUT2D eigenvalue weighted by Crippen LogP contribution is 2.32. The predicted molar refractivity (Wildman–Crippen MR) is 175 cm³/mol. The molecule has 0 aliphatic carbocycles. The lowest BCUT2D eigenvalue weighted by Gasteiger charge is -2.27. The van der Waals surface area contributed by atoms with Crippen LogP contribution in [-0.2, 0) is 29.2 Å². The molecule has 1 fully saturated rings. The van der Waals surface area contributed by atoms with Gasteiger partial charge in [0.25, 0.3) is 10.2 Å². The Morgan fingerprint density at radius 3 is 2.46 bits per heavy atom. The summed E-state index contributed by atoms with van der Waals surface area (Å²) >= 11 is 0. The van der Waals surface area contributed by atoms with Crippen molar-refractivity contribution in [1.82, 2.24) is 14.9 Å². The molecule has 2 N–H and O–H groups in total. The molecule has 2 aromatic rings. The second-order valence-corrected chi connectivity index (χ2v) is 14.0. The number of halogens is 1. The van der Waals surface area contributed by atoms with Crippen LogP contribution in [0.1, 0.15) is 56.7 Å². The van der Waals surface area contributed by atoms with Crippen LogP contribution in [0, 0.1) is 26.0 Å². The number of likely N-dealkylation sites (tertiary alicyclic amines) is 1. The minimum atomic E-state index is -3.72. The van der Waals surface area contributed by atoms with Crippen molar-refractivity contribution in [3.63, 3.8) is 0 Å². The van der Waals surface area contributed by atoms with Crippen LogP contribution in [0.2, 0.25) is 0 Å². The smallest absolute Gasteiger partial charge is 0.308 e. The van der Waals surface area contributed by atoms with Gasteiger partial charge in [-0.2, -0.15) is 0 Å². The number of aliphatic hydroxyl groups is 2. The molecule has 0 spiro atoms. The number of nitrogens with zero attached hydrogens (tertiary/aromatic N) is 6. The highest BCUT2D eigenvalue weighted by Gasteiger charge is 2.30. The Morgan fingerprint density at radius 1 is 1.18 bits per heavy atom. The van der Waals surface area contributed by atoms with Crippen LogP contribution in [0.15, 0.2) is 30.3 Å². The summed E-state index contributed by atoms with van der Waals surface area (Å²) in [5.41, 5.74) is 1.62. The number of carbonyl (C=O) groups is 1. The lowest BCUT2D eigenvalue weighted by Crippen LogP contribution is -2.42. The molecule has 1 aliphatic heterocycles. The molecule has 1 aromatic carbocycles. The first kappa shape index (κ1) is 39.9. The zero-order chi connectivity index (χ0) is 37.2. The van der Waals surface area contributed by atoms with Crippen molar-refractivity contribution in [1.29, 1.82) is 0 Å². The van der Waals surface area contributed by atoms with E-state index in [-0.39, 0.29) is 43.2 Å². The first-order valence-electron chi connectivity index (χ1n) is 15.6. The third-order valence-electron chi connectivity index (χ3n) is 7.78. The van der Waals surface area contributed by atoms with E-state index in [1.807, 2.05) is 13.8 Å². The van der Waals surface area contributed by atoms with Gasteiger partial charge in [-0.3, -0.25) is 9.69 Å². The summed E-state index contributed by atoms with van der Waals surface area (Å²) in [4.78, 5) is 53.2. The zero-order valence-electron chi connectivity index (χ0n) is 28.0. The number of benzene rings is 1. The molecule has 0 saturated carbocycles. The van der Waals surface area contributed by atoms with Gasteiger partial charge in [0.15, 0.2) is 0 Å². The summed E-state index contributed by atoms with van der Waals surface area (Å²) in [6.07, 6.45) is 0.650. The average Bonchev–Trinajstić information content (AvgIpc) is 3.47. The molecule has 1 aromatic heterocycles. The van der Waals surface area contributed by atoms with Gasteiger partial charge in [-0.05, 0) is 49.6 Å². The normalized spacial score (nSPS) is 17.0. The largest absolute Gasteiger partial charge is 0.464 e. The van der Waals surface area contributed by atoms with Crippen LogP contribution in [0.3, 0.4) is 0 Å². The van der Waals surface area contributed by atoms with Crippen molar-refractivity contribution in [2.75, 3.05) is 43.9 Å². The van der Waals surface area contributed by atoms with E-state index < -0.39 is 63.3 Å². The monoisotopic (exact) mass is 728 g/mol. The quantitative estimate of drug-likeness (QED) is 0.120. The van der Waals surface area contributed by atoms with Gasteiger partial charge in [0, 0.05) is 37.2 Å². The number of esters is 1. The highest BCUT2D eigenvalue weighted by molar-refractivity contribution is 7.92. The first-order chi connectivity index (χ1) is 23.4. The van der Waals surface area contributed by atoms with E-state index in [2.05, 4.69) is 19.6 Å². The summed E-state index contributed by atoms with van der Waals surface area (Å²) in [6, 6.07) is 5.05. The third-order valence-corrected chi connectivity index (χ3v) is 8.94. The molecular weight excluding hydrogens is 687 g/mol. The predicted octanol–water partition coefficient (Wildman–Crippen LogP) is 2.11. The van der Waals surface area contributed by atoms with Gasteiger partial charge < -0.3 is 24.6 Å². The summed E-state index contributed by atoms with van der Waals surface area (Å²) in [6.45, 7) is 3.29. The molecule has 18 nitrogen and oxygen atoms in total. The Balaban J connectivity index is 1.67. The number of carbonyl (C=O) groups excluding carboxylic acids is 1. The number of aromatic nitrogens is 2. The minimum absolute atomic E-state index is 0.0816. The van der Waals surface area contributed by atoms with E-state index in [1.165, 1.54) is 43.5 Å². The van der Waals surface area contributed by atoms with Crippen molar-refractivity contribution in [2.24, 2.45) is 0 Å². The third kappa shape index (κ3) is 12.1. The Morgan fingerprint density at radius 2 is 1.86 bits per heavy atom. The van der Waals surface area contributed by atoms with E-state index in [1.54, 1.807) is 4.90 Å². The summed E-state index contributed by atoms with van der Waals surface area (Å²) in [7, 11) is -2.42. The van der Waals surface area contributed by atoms with Gasteiger partial charge in [-0.15, -0.1) is 20.2 Å². The molecule has 3 rings (SSSR count). The second-order valence-electron chi connectivity index (χ2n) is 12.0. The second kappa shape index (κ2) is 17.9. The molecule has 3 unspecified atom stereocenters. The summed E-state index contributed by atoms with van der Waals surface area (Å²) in [5.74, 6) is -1.58. The molecule has 20 heteroatoms. The molecule has 0 bridgehead atoms. The van der Waals surface area contributed by atoms with E-state index in [4.69, 9.17) is 4.74 Å². The Hall–Kier alpha value is -4.53. The number of hydrogen-bond acceptors (Lipinski definition) is 15. The van der Waals surface area contributed by atoms with Gasteiger partial charge in [-0.25, -0.2) is 27.1 Å².